The Hall–Kier alpha value is -1.62. The molecule has 1 rings (SSSR count). The standard InChI is InChI=1S/C15H22FNO3/c1-10(2)8-17(9-14(18)19)11(3)15-12(16)6-5-7-13(15)20-4/h5-7,10-11H,8-9H2,1-4H3,(H,18,19). The number of rotatable bonds is 7. The van der Waals surface area contributed by atoms with Crippen LogP contribution in [0.5, 0.6) is 5.75 Å². The molecule has 1 N–H and O–H groups in total. The number of aliphatic carboxylic acids is 1. The van der Waals surface area contributed by atoms with Gasteiger partial charge in [-0.3, -0.25) is 9.69 Å². The third kappa shape index (κ3) is 4.20. The predicted molar refractivity (Wildman–Crippen MR) is 75.4 cm³/mol. The molecule has 0 bridgehead atoms. The molecule has 0 aliphatic heterocycles. The van der Waals surface area contributed by atoms with Crippen molar-refractivity contribution in [1.82, 2.24) is 4.90 Å². The quantitative estimate of drug-likeness (QED) is 0.836. The number of hydrogen-bond acceptors (Lipinski definition) is 3. The number of carboxylic acid groups (broad SMARTS) is 1. The Balaban J connectivity index is 3.10. The molecule has 0 aromatic heterocycles. The highest BCUT2D eigenvalue weighted by molar-refractivity contribution is 5.69. The molecule has 0 heterocycles. The van der Waals surface area contributed by atoms with Crippen molar-refractivity contribution in [2.24, 2.45) is 5.92 Å². The first kappa shape index (κ1) is 16.4. The lowest BCUT2D eigenvalue weighted by Crippen LogP contribution is -2.35. The third-order valence-corrected chi connectivity index (χ3v) is 3.14. The highest BCUT2D eigenvalue weighted by Gasteiger charge is 2.24. The Kier molecular flexibility index (Phi) is 5.95. The Labute approximate surface area is 119 Å². The highest BCUT2D eigenvalue weighted by Crippen LogP contribution is 2.31. The van der Waals surface area contributed by atoms with E-state index in [1.165, 1.54) is 13.2 Å². The number of ether oxygens (including phenoxy) is 1. The maximum absolute atomic E-state index is 14.1. The maximum Gasteiger partial charge on any atom is 0.317 e. The first-order valence-corrected chi connectivity index (χ1v) is 6.65. The Morgan fingerprint density at radius 2 is 2.05 bits per heavy atom. The molecular formula is C15H22FNO3. The minimum absolute atomic E-state index is 0.128. The summed E-state index contributed by atoms with van der Waals surface area (Å²) in [6.45, 7) is 6.24. The summed E-state index contributed by atoms with van der Waals surface area (Å²) in [5.41, 5.74) is 0.400. The van der Waals surface area contributed by atoms with Gasteiger partial charge in [-0.05, 0) is 25.0 Å². The highest BCUT2D eigenvalue weighted by atomic mass is 19.1. The number of nitrogens with zero attached hydrogens (tertiary/aromatic N) is 1. The zero-order chi connectivity index (χ0) is 15.3. The molecule has 0 radical (unpaired) electrons. The van der Waals surface area contributed by atoms with Crippen molar-refractivity contribution in [3.05, 3.63) is 29.6 Å². The van der Waals surface area contributed by atoms with Crippen LogP contribution in [0.1, 0.15) is 32.4 Å². The lowest BCUT2D eigenvalue weighted by molar-refractivity contribution is -0.139. The number of hydrogen-bond donors (Lipinski definition) is 1. The molecule has 4 nitrogen and oxygen atoms in total. The first-order chi connectivity index (χ1) is 9.36. The van der Waals surface area contributed by atoms with Crippen LogP contribution in [0.15, 0.2) is 18.2 Å². The van der Waals surface area contributed by atoms with Crippen molar-refractivity contribution >= 4 is 5.97 Å². The van der Waals surface area contributed by atoms with E-state index in [9.17, 15) is 9.18 Å². The number of carbonyl (C=O) groups is 1. The van der Waals surface area contributed by atoms with E-state index in [0.29, 0.717) is 17.9 Å². The molecular weight excluding hydrogens is 261 g/mol. The fourth-order valence-electron chi connectivity index (χ4n) is 2.29. The summed E-state index contributed by atoms with van der Waals surface area (Å²) in [6.07, 6.45) is 0. The molecule has 0 saturated heterocycles. The average Bonchev–Trinajstić information content (AvgIpc) is 2.35. The van der Waals surface area contributed by atoms with Gasteiger partial charge in [0.25, 0.3) is 0 Å². The van der Waals surface area contributed by atoms with Gasteiger partial charge in [0.2, 0.25) is 0 Å². The van der Waals surface area contributed by atoms with Crippen LogP contribution in [0, 0.1) is 11.7 Å². The van der Waals surface area contributed by atoms with E-state index in [4.69, 9.17) is 9.84 Å². The molecule has 1 atom stereocenters. The lowest BCUT2D eigenvalue weighted by Gasteiger charge is -2.30. The van der Waals surface area contributed by atoms with Gasteiger partial charge in [0.15, 0.2) is 0 Å². The SMILES string of the molecule is COc1cccc(F)c1C(C)N(CC(=O)O)CC(C)C. The topological polar surface area (TPSA) is 49.8 Å². The minimum Gasteiger partial charge on any atom is -0.496 e. The van der Waals surface area contributed by atoms with E-state index >= 15 is 0 Å². The molecule has 5 heteroatoms. The average molecular weight is 283 g/mol. The smallest absolute Gasteiger partial charge is 0.317 e. The van der Waals surface area contributed by atoms with Crippen LogP contribution < -0.4 is 4.74 Å². The molecule has 1 aromatic rings. The number of halogens is 1. The van der Waals surface area contributed by atoms with Crippen molar-refractivity contribution in [2.45, 2.75) is 26.8 Å². The van der Waals surface area contributed by atoms with Crippen LogP contribution >= 0.6 is 0 Å². The Morgan fingerprint density at radius 3 is 2.55 bits per heavy atom. The lowest BCUT2D eigenvalue weighted by atomic mass is 10.0. The molecule has 0 aliphatic rings. The predicted octanol–water partition coefficient (Wildman–Crippen LogP) is 2.94. The molecule has 0 saturated carbocycles. The van der Waals surface area contributed by atoms with Crippen molar-refractivity contribution in [3.8, 4) is 5.75 Å². The van der Waals surface area contributed by atoms with Gasteiger partial charge >= 0.3 is 5.97 Å². The van der Waals surface area contributed by atoms with Gasteiger partial charge in [0.05, 0.1) is 13.7 Å². The van der Waals surface area contributed by atoms with Gasteiger partial charge in [-0.2, -0.15) is 0 Å². The second-order valence-corrected chi connectivity index (χ2v) is 5.25. The molecule has 1 unspecified atom stereocenters. The van der Waals surface area contributed by atoms with Gasteiger partial charge in [-0.15, -0.1) is 0 Å². The molecule has 0 spiro atoms. The number of methoxy groups -OCH3 is 1. The molecule has 0 aliphatic carbocycles. The summed E-state index contributed by atoms with van der Waals surface area (Å²) in [5.74, 6) is -0.574. The van der Waals surface area contributed by atoms with Crippen molar-refractivity contribution in [2.75, 3.05) is 20.2 Å². The summed E-state index contributed by atoms with van der Waals surface area (Å²) in [5, 5.41) is 9.02. The third-order valence-electron chi connectivity index (χ3n) is 3.14. The summed E-state index contributed by atoms with van der Waals surface area (Å²) in [4.78, 5) is 12.7. The minimum atomic E-state index is -0.923. The molecule has 0 amide bonds. The fraction of sp³-hybridized carbons (Fsp3) is 0.533. The molecule has 112 valence electrons. The zero-order valence-electron chi connectivity index (χ0n) is 12.4. The fourth-order valence-corrected chi connectivity index (χ4v) is 2.29. The van der Waals surface area contributed by atoms with Crippen LogP contribution in [0.25, 0.3) is 0 Å². The maximum atomic E-state index is 14.1. The summed E-state index contributed by atoms with van der Waals surface area (Å²) in [7, 11) is 1.48. The first-order valence-electron chi connectivity index (χ1n) is 6.65. The summed E-state index contributed by atoms with van der Waals surface area (Å²) >= 11 is 0. The monoisotopic (exact) mass is 283 g/mol. The van der Waals surface area contributed by atoms with Gasteiger partial charge < -0.3 is 9.84 Å². The normalized spacial score (nSPS) is 12.8. The number of carboxylic acids is 1. The number of benzene rings is 1. The Bertz CT molecular complexity index is 462. The van der Waals surface area contributed by atoms with Crippen LogP contribution in [0.2, 0.25) is 0 Å². The molecule has 20 heavy (non-hydrogen) atoms. The van der Waals surface area contributed by atoms with Gasteiger partial charge in [0, 0.05) is 18.2 Å². The summed E-state index contributed by atoms with van der Waals surface area (Å²) < 4.78 is 19.3. The van der Waals surface area contributed by atoms with Crippen LogP contribution in [-0.2, 0) is 4.79 Å². The van der Waals surface area contributed by atoms with Crippen molar-refractivity contribution < 1.29 is 19.0 Å². The summed E-state index contributed by atoms with van der Waals surface area (Å²) in [6, 6.07) is 4.25. The molecule has 0 fully saturated rings. The van der Waals surface area contributed by atoms with Crippen molar-refractivity contribution in [1.29, 1.82) is 0 Å². The van der Waals surface area contributed by atoms with Crippen LogP contribution in [0.3, 0.4) is 0 Å². The second kappa shape index (κ2) is 7.24. The second-order valence-electron chi connectivity index (χ2n) is 5.25. The van der Waals surface area contributed by atoms with Gasteiger partial charge in [0.1, 0.15) is 11.6 Å². The largest absolute Gasteiger partial charge is 0.496 e. The van der Waals surface area contributed by atoms with E-state index in [0.717, 1.165) is 0 Å². The van der Waals surface area contributed by atoms with E-state index < -0.39 is 5.97 Å². The Morgan fingerprint density at radius 1 is 1.40 bits per heavy atom. The van der Waals surface area contributed by atoms with E-state index in [1.807, 2.05) is 13.8 Å². The van der Waals surface area contributed by atoms with Gasteiger partial charge in [-0.1, -0.05) is 19.9 Å². The van der Waals surface area contributed by atoms with E-state index in [1.54, 1.807) is 24.0 Å². The van der Waals surface area contributed by atoms with Crippen LogP contribution in [0.4, 0.5) is 4.39 Å². The van der Waals surface area contributed by atoms with Gasteiger partial charge in [-0.25, -0.2) is 4.39 Å². The van der Waals surface area contributed by atoms with E-state index in [-0.39, 0.29) is 24.3 Å². The zero-order valence-corrected chi connectivity index (χ0v) is 12.4. The molecule has 1 aromatic carbocycles. The van der Waals surface area contributed by atoms with Crippen LogP contribution in [-0.4, -0.2) is 36.2 Å². The van der Waals surface area contributed by atoms with E-state index in [2.05, 4.69) is 0 Å². The van der Waals surface area contributed by atoms with Crippen molar-refractivity contribution in [3.63, 3.8) is 0 Å².